The fourth-order valence-electron chi connectivity index (χ4n) is 3.51. The van der Waals surface area contributed by atoms with Crippen molar-refractivity contribution < 1.29 is 0 Å². The number of likely N-dealkylation sites (tertiary alicyclic amines) is 1. The quantitative estimate of drug-likeness (QED) is 0.742. The normalized spacial score (nSPS) is 46.9. The predicted molar refractivity (Wildman–Crippen MR) is 69.3 cm³/mol. The van der Waals surface area contributed by atoms with Crippen LogP contribution >= 0.6 is 0 Å². The molecule has 0 aromatic carbocycles. The summed E-state index contributed by atoms with van der Waals surface area (Å²) in [5.41, 5.74) is 6.16. The van der Waals surface area contributed by atoms with Crippen LogP contribution in [0.3, 0.4) is 0 Å². The maximum absolute atomic E-state index is 6.16. The van der Waals surface area contributed by atoms with Crippen LogP contribution < -0.4 is 5.73 Å². The van der Waals surface area contributed by atoms with Gasteiger partial charge in [-0.1, -0.05) is 13.8 Å². The zero-order chi connectivity index (χ0) is 11.7. The second-order valence-electron chi connectivity index (χ2n) is 6.20. The Morgan fingerprint density at radius 2 is 1.56 bits per heavy atom. The Hall–Kier alpha value is -0.0800. The fraction of sp³-hybridized carbons (Fsp3) is 1.00. The summed E-state index contributed by atoms with van der Waals surface area (Å²) < 4.78 is 0. The summed E-state index contributed by atoms with van der Waals surface area (Å²) in [6.07, 6.45) is 6.86. The summed E-state index contributed by atoms with van der Waals surface area (Å²) in [6, 6.07) is 1.96. The van der Waals surface area contributed by atoms with Gasteiger partial charge in [-0.05, 0) is 50.9 Å². The maximum Gasteiger partial charge on any atom is 0.0110 e. The minimum atomic E-state index is 0.425. The van der Waals surface area contributed by atoms with Crippen LogP contribution in [0.15, 0.2) is 0 Å². The molecule has 2 nitrogen and oxygen atoms in total. The first-order chi connectivity index (χ1) is 7.59. The summed E-state index contributed by atoms with van der Waals surface area (Å²) in [7, 11) is 0. The van der Waals surface area contributed by atoms with E-state index in [2.05, 4.69) is 25.7 Å². The molecule has 0 spiro atoms. The molecule has 16 heavy (non-hydrogen) atoms. The third-order valence-corrected chi connectivity index (χ3v) is 5.13. The molecule has 94 valence electrons. The highest BCUT2D eigenvalue weighted by Crippen LogP contribution is 2.32. The number of hydrogen-bond donors (Lipinski definition) is 1. The lowest BCUT2D eigenvalue weighted by Gasteiger charge is -2.47. The zero-order valence-corrected chi connectivity index (χ0v) is 11.2. The van der Waals surface area contributed by atoms with Gasteiger partial charge < -0.3 is 5.73 Å². The molecule has 0 radical (unpaired) electrons. The van der Waals surface area contributed by atoms with Gasteiger partial charge in [-0.3, -0.25) is 4.90 Å². The molecule has 2 rings (SSSR count). The topological polar surface area (TPSA) is 29.3 Å². The van der Waals surface area contributed by atoms with E-state index in [4.69, 9.17) is 5.73 Å². The van der Waals surface area contributed by atoms with E-state index in [1.165, 1.54) is 38.6 Å². The first-order valence-electron chi connectivity index (χ1n) is 7.11. The van der Waals surface area contributed by atoms with Crippen molar-refractivity contribution in [2.75, 3.05) is 6.54 Å². The Morgan fingerprint density at radius 3 is 2.19 bits per heavy atom. The van der Waals surface area contributed by atoms with Gasteiger partial charge in [-0.15, -0.1) is 0 Å². The van der Waals surface area contributed by atoms with Crippen LogP contribution in [0, 0.1) is 11.8 Å². The van der Waals surface area contributed by atoms with E-state index in [0.717, 1.165) is 12.0 Å². The van der Waals surface area contributed by atoms with E-state index < -0.39 is 0 Å². The second-order valence-corrected chi connectivity index (χ2v) is 6.20. The molecule has 1 aliphatic heterocycles. The van der Waals surface area contributed by atoms with Crippen LogP contribution in [0.25, 0.3) is 0 Å². The SMILES string of the molecule is CC1CCC(N2CCC(N)C(C)C2C)CC1. The Bertz CT molecular complexity index is 221. The van der Waals surface area contributed by atoms with Gasteiger partial charge in [0.05, 0.1) is 0 Å². The van der Waals surface area contributed by atoms with Crippen molar-refractivity contribution in [3.05, 3.63) is 0 Å². The maximum atomic E-state index is 6.16. The smallest absolute Gasteiger partial charge is 0.0110 e. The van der Waals surface area contributed by atoms with Gasteiger partial charge in [0.2, 0.25) is 0 Å². The lowest BCUT2D eigenvalue weighted by atomic mass is 9.81. The molecule has 1 saturated carbocycles. The van der Waals surface area contributed by atoms with Gasteiger partial charge in [-0.2, -0.15) is 0 Å². The van der Waals surface area contributed by atoms with Gasteiger partial charge in [0.1, 0.15) is 0 Å². The minimum absolute atomic E-state index is 0.425. The molecule has 2 heteroatoms. The van der Waals surface area contributed by atoms with Crippen molar-refractivity contribution in [3.63, 3.8) is 0 Å². The fourth-order valence-corrected chi connectivity index (χ4v) is 3.51. The van der Waals surface area contributed by atoms with E-state index in [1.807, 2.05) is 0 Å². The monoisotopic (exact) mass is 224 g/mol. The summed E-state index contributed by atoms with van der Waals surface area (Å²) in [5.74, 6) is 1.61. The van der Waals surface area contributed by atoms with Gasteiger partial charge in [-0.25, -0.2) is 0 Å². The Morgan fingerprint density at radius 1 is 0.938 bits per heavy atom. The van der Waals surface area contributed by atoms with Gasteiger partial charge in [0, 0.05) is 24.7 Å². The number of hydrogen-bond acceptors (Lipinski definition) is 2. The molecule has 1 saturated heterocycles. The first-order valence-corrected chi connectivity index (χ1v) is 7.11. The van der Waals surface area contributed by atoms with Crippen molar-refractivity contribution in [1.82, 2.24) is 4.90 Å². The third-order valence-electron chi connectivity index (χ3n) is 5.13. The Balaban J connectivity index is 1.94. The lowest BCUT2D eigenvalue weighted by molar-refractivity contribution is 0.0345. The standard InChI is InChI=1S/C14H28N2/c1-10-4-6-13(7-5-10)16-9-8-14(15)11(2)12(16)3/h10-14H,4-9,15H2,1-3H3. The summed E-state index contributed by atoms with van der Waals surface area (Å²) in [5, 5.41) is 0. The molecule has 2 fully saturated rings. The third kappa shape index (κ3) is 2.43. The van der Waals surface area contributed by atoms with Crippen LogP contribution in [0.1, 0.15) is 52.9 Å². The van der Waals surface area contributed by atoms with Crippen molar-refractivity contribution >= 4 is 0 Å². The van der Waals surface area contributed by atoms with E-state index in [-0.39, 0.29) is 0 Å². The highest BCUT2D eigenvalue weighted by atomic mass is 15.2. The molecule has 3 unspecified atom stereocenters. The molecular weight excluding hydrogens is 196 g/mol. The Kier molecular flexibility index (Phi) is 3.91. The van der Waals surface area contributed by atoms with Gasteiger partial charge in [0.15, 0.2) is 0 Å². The molecule has 2 N–H and O–H groups in total. The highest BCUT2D eigenvalue weighted by molar-refractivity contribution is 4.91. The molecule has 2 aliphatic rings. The first kappa shape index (κ1) is 12.4. The number of rotatable bonds is 1. The predicted octanol–water partition coefficient (Wildman–Crippen LogP) is 2.62. The number of nitrogens with two attached hydrogens (primary N) is 1. The second kappa shape index (κ2) is 5.05. The molecule has 0 aromatic heterocycles. The zero-order valence-electron chi connectivity index (χ0n) is 11.2. The summed E-state index contributed by atoms with van der Waals surface area (Å²) in [6.45, 7) is 8.33. The average molecular weight is 224 g/mol. The van der Waals surface area contributed by atoms with Crippen molar-refractivity contribution in [3.8, 4) is 0 Å². The molecule has 1 aliphatic carbocycles. The molecule has 1 heterocycles. The molecule has 3 atom stereocenters. The van der Waals surface area contributed by atoms with Crippen LogP contribution in [-0.4, -0.2) is 29.6 Å². The molecular formula is C14H28N2. The van der Waals surface area contributed by atoms with E-state index >= 15 is 0 Å². The summed E-state index contributed by atoms with van der Waals surface area (Å²) in [4.78, 5) is 2.75. The van der Waals surface area contributed by atoms with Crippen LogP contribution in [0.5, 0.6) is 0 Å². The van der Waals surface area contributed by atoms with Crippen LogP contribution in [-0.2, 0) is 0 Å². The number of piperidine rings is 1. The lowest BCUT2D eigenvalue weighted by Crippen LogP contribution is -2.55. The van der Waals surface area contributed by atoms with E-state index in [9.17, 15) is 0 Å². The van der Waals surface area contributed by atoms with Crippen LogP contribution in [0.2, 0.25) is 0 Å². The van der Waals surface area contributed by atoms with Crippen molar-refractivity contribution in [2.45, 2.75) is 71.0 Å². The van der Waals surface area contributed by atoms with E-state index in [0.29, 0.717) is 18.0 Å². The average Bonchev–Trinajstić information content (AvgIpc) is 2.28. The van der Waals surface area contributed by atoms with Gasteiger partial charge >= 0.3 is 0 Å². The van der Waals surface area contributed by atoms with Crippen molar-refractivity contribution in [1.29, 1.82) is 0 Å². The Labute approximate surface area is 101 Å². The largest absolute Gasteiger partial charge is 0.327 e. The molecule has 0 amide bonds. The highest BCUT2D eigenvalue weighted by Gasteiger charge is 2.35. The summed E-state index contributed by atoms with van der Waals surface area (Å²) >= 11 is 0. The van der Waals surface area contributed by atoms with E-state index in [1.54, 1.807) is 0 Å². The van der Waals surface area contributed by atoms with Crippen molar-refractivity contribution in [2.24, 2.45) is 17.6 Å². The molecule has 0 bridgehead atoms. The van der Waals surface area contributed by atoms with Gasteiger partial charge in [0.25, 0.3) is 0 Å². The number of nitrogens with zero attached hydrogens (tertiary/aromatic N) is 1. The van der Waals surface area contributed by atoms with Crippen LogP contribution in [0.4, 0.5) is 0 Å². The minimum Gasteiger partial charge on any atom is -0.327 e. The molecule has 0 aromatic rings.